The summed E-state index contributed by atoms with van der Waals surface area (Å²) in [6.07, 6.45) is 2.19. The lowest BCUT2D eigenvalue weighted by Gasteiger charge is -2.32. The number of hydrogen-bond donors (Lipinski definition) is 1. The Morgan fingerprint density at radius 1 is 1.19 bits per heavy atom. The van der Waals surface area contributed by atoms with Gasteiger partial charge in [0.1, 0.15) is 5.41 Å². The lowest BCUT2D eigenvalue weighted by Crippen LogP contribution is -2.51. The zero-order valence-corrected chi connectivity index (χ0v) is 15.9. The van der Waals surface area contributed by atoms with Crippen molar-refractivity contribution in [2.75, 3.05) is 31.6 Å². The zero-order valence-electron chi connectivity index (χ0n) is 15.9. The van der Waals surface area contributed by atoms with Crippen LogP contribution >= 0.6 is 0 Å². The summed E-state index contributed by atoms with van der Waals surface area (Å²) in [6, 6.07) is 9.33. The second kappa shape index (κ2) is 7.98. The third-order valence-electron chi connectivity index (χ3n) is 5.40. The van der Waals surface area contributed by atoms with E-state index in [4.69, 9.17) is 4.74 Å². The summed E-state index contributed by atoms with van der Waals surface area (Å²) in [5, 5.41) is 3.04. The van der Waals surface area contributed by atoms with Gasteiger partial charge in [-0.25, -0.2) is 4.79 Å². The van der Waals surface area contributed by atoms with Gasteiger partial charge in [0.2, 0.25) is 11.8 Å². The maximum atomic E-state index is 12.9. The van der Waals surface area contributed by atoms with E-state index >= 15 is 0 Å². The first-order valence-corrected chi connectivity index (χ1v) is 9.54. The molecule has 0 unspecified atom stereocenters. The fraction of sp³-hybridized carbons (Fsp3) is 0.550. The minimum atomic E-state index is -0.942. The summed E-state index contributed by atoms with van der Waals surface area (Å²) >= 11 is 0. The number of carbonyl (C=O) groups excluding carboxylic acids is 3. The van der Waals surface area contributed by atoms with Crippen molar-refractivity contribution < 1.29 is 19.1 Å². The fourth-order valence-electron chi connectivity index (χ4n) is 3.50. The predicted molar refractivity (Wildman–Crippen MR) is 101 cm³/mol. The summed E-state index contributed by atoms with van der Waals surface area (Å²) in [4.78, 5) is 40.7. The van der Waals surface area contributed by atoms with Crippen molar-refractivity contribution in [1.29, 1.82) is 0 Å². The van der Waals surface area contributed by atoms with Crippen LogP contribution < -0.4 is 10.2 Å². The van der Waals surface area contributed by atoms with Gasteiger partial charge >= 0.3 is 6.09 Å². The Bertz CT molecular complexity index is 694. The number of carbonyl (C=O) groups is 3. The van der Waals surface area contributed by atoms with Crippen molar-refractivity contribution in [3.8, 4) is 0 Å². The maximum absolute atomic E-state index is 12.9. The summed E-state index contributed by atoms with van der Waals surface area (Å²) in [7, 11) is 1.71. The number of benzene rings is 1. The molecular formula is C20H27N3O4. The smallest absolute Gasteiger partial charge is 0.409 e. The standard InChI is InChI=1S/C20H27N3O4/c1-3-27-19(26)23-13-9-15(10-14-23)21-17(24)20(11-12-20)18(25)22(2)16-7-5-4-6-8-16/h4-8,15H,3,9-14H2,1-2H3,(H,21,24). The van der Waals surface area contributed by atoms with Gasteiger partial charge in [-0.2, -0.15) is 0 Å². The van der Waals surface area contributed by atoms with Crippen LogP contribution in [0.2, 0.25) is 0 Å². The molecule has 1 aliphatic carbocycles. The monoisotopic (exact) mass is 373 g/mol. The predicted octanol–water partition coefficient (Wildman–Crippen LogP) is 2.17. The van der Waals surface area contributed by atoms with Crippen molar-refractivity contribution >= 4 is 23.6 Å². The van der Waals surface area contributed by atoms with E-state index in [1.807, 2.05) is 30.3 Å². The van der Waals surface area contributed by atoms with E-state index in [9.17, 15) is 14.4 Å². The first-order chi connectivity index (χ1) is 13.0. The van der Waals surface area contributed by atoms with E-state index in [1.165, 1.54) is 0 Å². The number of piperidine rings is 1. The third kappa shape index (κ3) is 4.07. The van der Waals surface area contributed by atoms with E-state index < -0.39 is 5.41 Å². The van der Waals surface area contributed by atoms with Crippen LogP contribution in [0.25, 0.3) is 0 Å². The van der Waals surface area contributed by atoms with Gasteiger partial charge in [0, 0.05) is 31.9 Å². The minimum absolute atomic E-state index is 0.0181. The highest BCUT2D eigenvalue weighted by Crippen LogP contribution is 2.48. The van der Waals surface area contributed by atoms with Crippen LogP contribution in [-0.2, 0) is 14.3 Å². The molecule has 2 fully saturated rings. The highest BCUT2D eigenvalue weighted by atomic mass is 16.6. The Morgan fingerprint density at radius 3 is 2.37 bits per heavy atom. The van der Waals surface area contributed by atoms with Crippen LogP contribution in [0.3, 0.4) is 0 Å². The average molecular weight is 373 g/mol. The molecule has 0 radical (unpaired) electrons. The summed E-state index contributed by atoms with van der Waals surface area (Å²) in [6.45, 7) is 3.24. The highest BCUT2D eigenvalue weighted by Gasteiger charge is 2.58. The van der Waals surface area contributed by atoms with E-state index in [-0.39, 0.29) is 23.9 Å². The van der Waals surface area contributed by atoms with Gasteiger partial charge in [-0.3, -0.25) is 9.59 Å². The normalized spacial score (nSPS) is 18.5. The van der Waals surface area contributed by atoms with Gasteiger partial charge in [-0.05, 0) is 44.7 Å². The van der Waals surface area contributed by atoms with E-state index in [2.05, 4.69) is 5.32 Å². The number of likely N-dealkylation sites (tertiary alicyclic amines) is 1. The van der Waals surface area contributed by atoms with Gasteiger partial charge in [0.15, 0.2) is 0 Å². The lowest BCUT2D eigenvalue weighted by atomic mass is 10.00. The second-order valence-electron chi connectivity index (χ2n) is 7.22. The van der Waals surface area contributed by atoms with E-state index in [1.54, 1.807) is 23.8 Å². The van der Waals surface area contributed by atoms with Gasteiger partial charge < -0.3 is 19.9 Å². The third-order valence-corrected chi connectivity index (χ3v) is 5.40. The summed E-state index contributed by atoms with van der Waals surface area (Å²) in [5.41, 5.74) is -0.160. The minimum Gasteiger partial charge on any atom is -0.450 e. The Balaban J connectivity index is 1.55. The zero-order chi connectivity index (χ0) is 19.4. The van der Waals surface area contributed by atoms with E-state index in [0.717, 1.165) is 5.69 Å². The quantitative estimate of drug-likeness (QED) is 0.803. The molecule has 1 saturated carbocycles. The highest BCUT2D eigenvalue weighted by molar-refractivity contribution is 6.13. The Hall–Kier alpha value is -2.57. The Kier molecular flexibility index (Phi) is 5.68. The second-order valence-corrected chi connectivity index (χ2v) is 7.22. The Labute approximate surface area is 159 Å². The number of nitrogens with one attached hydrogen (secondary N) is 1. The lowest BCUT2D eigenvalue weighted by molar-refractivity contribution is -0.136. The van der Waals surface area contributed by atoms with Crippen molar-refractivity contribution in [2.24, 2.45) is 5.41 Å². The molecule has 7 nitrogen and oxygen atoms in total. The number of para-hydroxylation sites is 1. The van der Waals surface area contributed by atoms with Gasteiger partial charge in [-0.1, -0.05) is 18.2 Å². The molecule has 0 bridgehead atoms. The largest absolute Gasteiger partial charge is 0.450 e. The van der Waals surface area contributed by atoms with Crippen molar-refractivity contribution in [3.05, 3.63) is 30.3 Å². The van der Waals surface area contributed by atoms with Crippen LogP contribution in [0.15, 0.2) is 30.3 Å². The summed E-state index contributed by atoms with van der Waals surface area (Å²) in [5.74, 6) is -0.347. The molecule has 3 rings (SSSR count). The fourth-order valence-corrected chi connectivity index (χ4v) is 3.50. The molecule has 1 aliphatic heterocycles. The average Bonchev–Trinajstić information content (AvgIpc) is 3.50. The number of anilines is 1. The van der Waals surface area contributed by atoms with Crippen LogP contribution in [0, 0.1) is 5.41 Å². The molecule has 3 amide bonds. The van der Waals surface area contributed by atoms with Gasteiger partial charge in [0.05, 0.1) is 6.61 Å². The molecule has 1 saturated heterocycles. The molecule has 0 spiro atoms. The number of ether oxygens (including phenoxy) is 1. The van der Waals surface area contributed by atoms with Crippen LogP contribution in [0.4, 0.5) is 10.5 Å². The van der Waals surface area contributed by atoms with Gasteiger partial charge in [-0.15, -0.1) is 0 Å². The number of nitrogens with zero attached hydrogens (tertiary/aromatic N) is 2. The van der Waals surface area contributed by atoms with E-state index in [0.29, 0.717) is 45.4 Å². The Morgan fingerprint density at radius 2 is 1.81 bits per heavy atom. The molecule has 1 aromatic rings. The summed E-state index contributed by atoms with van der Waals surface area (Å²) < 4.78 is 5.01. The molecule has 146 valence electrons. The topological polar surface area (TPSA) is 79.0 Å². The number of rotatable bonds is 5. The molecule has 7 heteroatoms. The van der Waals surface area contributed by atoms with Crippen molar-refractivity contribution in [1.82, 2.24) is 10.2 Å². The SMILES string of the molecule is CCOC(=O)N1CCC(NC(=O)C2(C(=O)N(C)c3ccccc3)CC2)CC1. The molecule has 2 aliphatic rings. The molecule has 1 aromatic carbocycles. The first-order valence-electron chi connectivity index (χ1n) is 9.54. The molecule has 1 heterocycles. The number of amides is 3. The maximum Gasteiger partial charge on any atom is 0.409 e. The first kappa shape index (κ1) is 19.2. The van der Waals surface area contributed by atoms with Crippen molar-refractivity contribution in [2.45, 2.75) is 38.6 Å². The molecule has 0 atom stereocenters. The number of hydrogen-bond acceptors (Lipinski definition) is 4. The van der Waals surface area contributed by atoms with Crippen LogP contribution in [0.5, 0.6) is 0 Å². The van der Waals surface area contributed by atoms with Crippen molar-refractivity contribution in [3.63, 3.8) is 0 Å². The van der Waals surface area contributed by atoms with Crippen LogP contribution in [-0.4, -0.2) is 55.6 Å². The van der Waals surface area contributed by atoms with Gasteiger partial charge in [0.25, 0.3) is 0 Å². The van der Waals surface area contributed by atoms with Crippen LogP contribution in [0.1, 0.15) is 32.6 Å². The molecular weight excluding hydrogens is 346 g/mol. The molecule has 1 N–H and O–H groups in total. The molecule has 27 heavy (non-hydrogen) atoms. The molecule has 0 aromatic heterocycles.